The van der Waals surface area contributed by atoms with Gasteiger partial charge < -0.3 is 5.32 Å². The number of nitrogens with one attached hydrogen (secondary N) is 2. The molecule has 0 bridgehead atoms. The molecule has 0 unspecified atom stereocenters. The minimum Gasteiger partial charge on any atom is -0.373 e. The number of anilines is 1. The van der Waals surface area contributed by atoms with E-state index < -0.39 is 10.0 Å². The van der Waals surface area contributed by atoms with Crippen molar-refractivity contribution in [2.75, 3.05) is 30.9 Å². The minimum absolute atomic E-state index is 0.188. The van der Waals surface area contributed by atoms with Gasteiger partial charge in [0.05, 0.1) is 0 Å². The van der Waals surface area contributed by atoms with Gasteiger partial charge in [0, 0.05) is 25.5 Å². The quantitative estimate of drug-likeness (QED) is 0.740. The summed E-state index contributed by atoms with van der Waals surface area (Å²) in [6.07, 6.45) is 3.27. The second kappa shape index (κ2) is 6.07. The van der Waals surface area contributed by atoms with Gasteiger partial charge in [0.25, 0.3) is 0 Å². The summed E-state index contributed by atoms with van der Waals surface area (Å²) < 4.78 is 26.0. The van der Waals surface area contributed by atoms with Crippen LogP contribution in [-0.4, -0.2) is 39.0 Å². The zero-order valence-corrected chi connectivity index (χ0v) is 10.9. The van der Waals surface area contributed by atoms with Crippen LogP contribution in [0.15, 0.2) is 23.2 Å². The lowest BCUT2D eigenvalue weighted by atomic mass is 10.5. The van der Waals surface area contributed by atoms with Crippen LogP contribution in [0.1, 0.15) is 0 Å². The Morgan fingerprint density at radius 1 is 1.44 bits per heavy atom. The Hall–Kier alpha value is -0.790. The topological polar surface area (TPSA) is 71.1 Å². The minimum atomic E-state index is -3.41. The van der Waals surface area contributed by atoms with Crippen molar-refractivity contribution in [1.82, 2.24) is 9.71 Å². The van der Waals surface area contributed by atoms with Gasteiger partial charge in [-0.15, -0.1) is 0 Å². The van der Waals surface area contributed by atoms with Crippen LogP contribution in [0.5, 0.6) is 0 Å². The molecule has 0 spiro atoms. The van der Waals surface area contributed by atoms with Crippen LogP contribution in [0, 0.1) is 0 Å². The van der Waals surface area contributed by atoms with Crippen LogP contribution in [0.2, 0.25) is 0 Å². The summed E-state index contributed by atoms with van der Waals surface area (Å²) in [4.78, 5) is 4.14. The van der Waals surface area contributed by atoms with Gasteiger partial charge in [-0.3, -0.25) is 0 Å². The Bertz CT molecular complexity index is 417. The van der Waals surface area contributed by atoms with Crippen LogP contribution < -0.4 is 10.0 Å². The number of pyridine rings is 1. The van der Waals surface area contributed by atoms with Crippen molar-refractivity contribution in [3.63, 3.8) is 0 Å². The molecule has 0 saturated carbocycles. The number of hydrogen-bond donors (Lipinski definition) is 2. The molecule has 1 aromatic heterocycles. The predicted molar refractivity (Wildman–Crippen MR) is 67.4 cm³/mol. The third kappa shape index (κ3) is 3.66. The van der Waals surface area contributed by atoms with Crippen molar-refractivity contribution in [2.45, 2.75) is 4.90 Å². The van der Waals surface area contributed by atoms with E-state index in [1.54, 1.807) is 24.9 Å². The number of hydrogen-bond acceptors (Lipinski definition) is 5. The first-order chi connectivity index (χ1) is 7.60. The highest BCUT2D eigenvalue weighted by Crippen LogP contribution is 2.09. The van der Waals surface area contributed by atoms with Crippen molar-refractivity contribution >= 4 is 27.6 Å². The molecule has 5 nitrogen and oxygen atoms in total. The average molecular weight is 261 g/mol. The van der Waals surface area contributed by atoms with Gasteiger partial charge in [0.1, 0.15) is 10.7 Å². The Balaban J connectivity index is 2.74. The second-order valence-electron chi connectivity index (χ2n) is 3.02. The molecular formula is C9H15N3O2S2. The summed E-state index contributed by atoms with van der Waals surface area (Å²) in [5, 5.41) is 2.83. The van der Waals surface area contributed by atoms with E-state index in [0.717, 1.165) is 5.75 Å². The van der Waals surface area contributed by atoms with E-state index in [4.69, 9.17) is 0 Å². The summed E-state index contributed by atoms with van der Waals surface area (Å²) in [6, 6.07) is 3.16. The zero-order chi connectivity index (χ0) is 12.0. The first-order valence-corrected chi connectivity index (χ1v) is 7.60. The number of nitrogens with zero attached hydrogens (tertiary/aromatic N) is 1. The molecule has 0 atom stereocenters. The maximum Gasteiger partial charge on any atom is 0.242 e. The monoisotopic (exact) mass is 261 g/mol. The van der Waals surface area contributed by atoms with Gasteiger partial charge in [0.15, 0.2) is 0 Å². The molecule has 2 N–H and O–H groups in total. The molecule has 7 heteroatoms. The van der Waals surface area contributed by atoms with Gasteiger partial charge in [0.2, 0.25) is 10.0 Å². The average Bonchev–Trinajstić information content (AvgIpc) is 2.29. The lowest BCUT2D eigenvalue weighted by Crippen LogP contribution is -2.26. The molecule has 0 radical (unpaired) electrons. The number of rotatable bonds is 6. The zero-order valence-electron chi connectivity index (χ0n) is 9.23. The second-order valence-corrected chi connectivity index (χ2v) is 5.77. The van der Waals surface area contributed by atoms with Crippen LogP contribution in [-0.2, 0) is 10.0 Å². The number of thioether (sulfide) groups is 1. The highest BCUT2D eigenvalue weighted by molar-refractivity contribution is 7.98. The third-order valence-corrected chi connectivity index (χ3v) is 3.96. The van der Waals surface area contributed by atoms with Crippen molar-refractivity contribution in [1.29, 1.82) is 0 Å². The predicted octanol–water partition coefficient (Wildman–Crippen LogP) is 0.765. The van der Waals surface area contributed by atoms with Crippen LogP contribution in [0.4, 0.5) is 5.82 Å². The maximum absolute atomic E-state index is 11.7. The van der Waals surface area contributed by atoms with Crippen LogP contribution in [0.25, 0.3) is 0 Å². The highest BCUT2D eigenvalue weighted by Gasteiger charge is 2.13. The first-order valence-electron chi connectivity index (χ1n) is 4.72. The maximum atomic E-state index is 11.7. The van der Waals surface area contributed by atoms with Gasteiger partial charge in [-0.25, -0.2) is 18.1 Å². The fourth-order valence-corrected chi connectivity index (χ4v) is 2.46. The van der Waals surface area contributed by atoms with Crippen molar-refractivity contribution in [2.24, 2.45) is 0 Å². The molecular weight excluding hydrogens is 246 g/mol. The van der Waals surface area contributed by atoms with Crippen molar-refractivity contribution in [3.8, 4) is 0 Å². The molecule has 0 aliphatic rings. The Morgan fingerprint density at radius 3 is 2.69 bits per heavy atom. The van der Waals surface area contributed by atoms with Gasteiger partial charge >= 0.3 is 0 Å². The molecule has 1 heterocycles. The smallest absolute Gasteiger partial charge is 0.242 e. The lowest BCUT2D eigenvalue weighted by molar-refractivity contribution is 0.584. The standard InChI is InChI=1S/C9H15N3O2S2/c1-10-9-4-3-8(7-11-9)16(13,14)12-5-6-15-2/h3-4,7,12H,5-6H2,1-2H3,(H,10,11). The summed E-state index contributed by atoms with van der Waals surface area (Å²) in [5.74, 6) is 1.39. The molecule has 0 aromatic carbocycles. The molecule has 1 aromatic rings. The van der Waals surface area contributed by atoms with E-state index in [1.165, 1.54) is 12.3 Å². The third-order valence-electron chi connectivity index (χ3n) is 1.90. The van der Waals surface area contributed by atoms with Gasteiger partial charge in [-0.2, -0.15) is 11.8 Å². The van der Waals surface area contributed by atoms with Crippen LogP contribution >= 0.6 is 11.8 Å². The summed E-state index contributed by atoms with van der Waals surface area (Å²) >= 11 is 1.59. The summed E-state index contributed by atoms with van der Waals surface area (Å²) in [5.41, 5.74) is 0. The molecule has 0 saturated heterocycles. The van der Waals surface area contributed by atoms with E-state index in [1.807, 2.05) is 6.26 Å². The van der Waals surface area contributed by atoms with Crippen molar-refractivity contribution < 1.29 is 8.42 Å². The largest absolute Gasteiger partial charge is 0.373 e. The van der Waals surface area contributed by atoms with Gasteiger partial charge in [-0.05, 0) is 18.4 Å². The number of sulfonamides is 1. The van der Waals surface area contributed by atoms with Gasteiger partial charge in [-0.1, -0.05) is 0 Å². The molecule has 0 aliphatic carbocycles. The fourth-order valence-electron chi connectivity index (χ4n) is 1.05. The first kappa shape index (κ1) is 13.3. The van der Waals surface area contributed by atoms with E-state index in [0.29, 0.717) is 12.4 Å². The molecule has 0 aliphatic heterocycles. The Kier molecular flexibility index (Phi) is 5.04. The molecule has 0 fully saturated rings. The van der Waals surface area contributed by atoms with E-state index >= 15 is 0 Å². The molecule has 16 heavy (non-hydrogen) atoms. The summed E-state index contributed by atoms with van der Waals surface area (Å²) in [6.45, 7) is 0.428. The lowest BCUT2D eigenvalue weighted by Gasteiger charge is -2.06. The number of aromatic nitrogens is 1. The Labute approximate surface area is 100 Å². The SMILES string of the molecule is CNc1ccc(S(=O)(=O)NCCSC)cn1. The molecule has 90 valence electrons. The van der Waals surface area contributed by atoms with E-state index in [-0.39, 0.29) is 4.90 Å². The fraction of sp³-hybridized carbons (Fsp3) is 0.444. The summed E-state index contributed by atoms with van der Waals surface area (Å²) in [7, 11) is -1.68. The van der Waals surface area contributed by atoms with E-state index in [2.05, 4.69) is 15.0 Å². The van der Waals surface area contributed by atoms with Crippen LogP contribution in [0.3, 0.4) is 0 Å². The molecule has 1 rings (SSSR count). The Morgan fingerprint density at radius 2 is 2.19 bits per heavy atom. The van der Waals surface area contributed by atoms with E-state index in [9.17, 15) is 8.42 Å². The van der Waals surface area contributed by atoms with Crippen molar-refractivity contribution in [3.05, 3.63) is 18.3 Å². The normalized spacial score (nSPS) is 11.4. The highest BCUT2D eigenvalue weighted by atomic mass is 32.2. The molecule has 0 amide bonds.